The second-order valence-electron chi connectivity index (χ2n) is 7.26. The fraction of sp³-hybridized carbons (Fsp3) is 0.650. The van der Waals surface area contributed by atoms with Crippen molar-refractivity contribution in [1.82, 2.24) is 0 Å². The summed E-state index contributed by atoms with van der Waals surface area (Å²) >= 11 is 0. The van der Waals surface area contributed by atoms with Gasteiger partial charge in [-0.05, 0) is 42.7 Å². The monoisotopic (exact) mass is 300 g/mol. The lowest BCUT2D eigenvalue weighted by molar-refractivity contribution is -0.145. The molecule has 2 saturated carbocycles. The van der Waals surface area contributed by atoms with Crippen LogP contribution >= 0.6 is 0 Å². The van der Waals surface area contributed by atoms with E-state index in [0.717, 1.165) is 31.2 Å². The Labute approximate surface area is 133 Å². The summed E-state index contributed by atoms with van der Waals surface area (Å²) in [5, 5.41) is 9.80. The molecule has 2 nitrogen and oxygen atoms in total. The molecule has 120 valence electrons. The van der Waals surface area contributed by atoms with Crippen molar-refractivity contribution in [2.24, 2.45) is 0 Å². The third-order valence-corrected chi connectivity index (χ3v) is 5.91. The average Bonchev–Trinajstić information content (AvgIpc) is 2.85. The molecule has 0 spiro atoms. The molecular formula is C20H28O2. The van der Waals surface area contributed by atoms with Crippen LogP contribution in [0.3, 0.4) is 0 Å². The van der Waals surface area contributed by atoms with Gasteiger partial charge in [0, 0.05) is 0 Å². The Morgan fingerprint density at radius 3 is 1.95 bits per heavy atom. The van der Waals surface area contributed by atoms with Gasteiger partial charge in [0.25, 0.3) is 0 Å². The molecule has 22 heavy (non-hydrogen) atoms. The number of rotatable bonds is 3. The minimum Gasteiger partial charge on any atom is -0.481 e. The van der Waals surface area contributed by atoms with E-state index in [2.05, 4.69) is 24.3 Å². The van der Waals surface area contributed by atoms with Crippen molar-refractivity contribution < 1.29 is 9.90 Å². The normalized spacial score (nSPS) is 22.9. The van der Waals surface area contributed by atoms with Gasteiger partial charge < -0.3 is 5.11 Å². The first-order valence-electron chi connectivity index (χ1n) is 9.06. The van der Waals surface area contributed by atoms with Crippen LogP contribution in [-0.4, -0.2) is 11.1 Å². The molecule has 0 radical (unpaired) electrons. The molecule has 0 unspecified atom stereocenters. The van der Waals surface area contributed by atoms with E-state index in [1.165, 1.54) is 50.5 Å². The molecule has 2 aliphatic rings. The highest BCUT2D eigenvalue weighted by Gasteiger charge is 2.41. The van der Waals surface area contributed by atoms with Gasteiger partial charge in [-0.2, -0.15) is 0 Å². The molecule has 2 fully saturated rings. The molecule has 2 heteroatoms. The lowest BCUT2D eigenvalue weighted by atomic mass is 9.69. The third kappa shape index (κ3) is 3.06. The molecule has 0 saturated heterocycles. The van der Waals surface area contributed by atoms with Crippen molar-refractivity contribution in [3.63, 3.8) is 0 Å². The molecule has 0 aromatic heterocycles. The summed E-state index contributed by atoms with van der Waals surface area (Å²) in [4.78, 5) is 11.9. The summed E-state index contributed by atoms with van der Waals surface area (Å²) in [5.41, 5.74) is 1.82. The van der Waals surface area contributed by atoms with Crippen molar-refractivity contribution in [2.75, 3.05) is 0 Å². The zero-order chi connectivity index (χ0) is 15.4. The quantitative estimate of drug-likeness (QED) is 0.758. The fourth-order valence-corrected chi connectivity index (χ4v) is 4.47. The first-order chi connectivity index (χ1) is 10.7. The largest absolute Gasteiger partial charge is 0.481 e. The van der Waals surface area contributed by atoms with Crippen LogP contribution in [0.4, 0.5) is 0 Å². The predicted molar refractivity (Wildman–Crippen MR) is 89.3 cm³/mol. The second kappa shape index (κ2) is 6.85. The summed E-state index contributed by atoms with van der Waals surface area (Å²) < 4.78 is 0. The molecular weight excluding hydrogens is 272 g/mol. The minimum atomic E-state index is -0.630. The van der Waals surface area contributed by atoms with Gasteiger partial charge in [-0.3, -0.25) is 4.79 Å². The highest BCUT2D eigenvalue weighted by Crippen LogP contribution is 2.40. The van der Waals surface area contributed by atoms with E-state index in [1.54, 1.807) is 0 Å². The first kappa shape index (κ1) is 15.6. The molecule has 1 aromatic rings. The van der Waals surface area contributed by atoms with Crippen LogP contribution in [0.2, 0.25) is 0 Å². The molecule has 0 amide bonds. The highest BCUT2D eigenvalue weighted by molar-refractivity contribution is 5.81. The number of carboxylic acid groups (broad SMARTS) is 1. The number of carbonyl (C=O) groups is 1. The Hall–Kier alpha value is -1.31. The van der Waals surface area contributed by atoms with Gasteiger partial charge in [0.2, 0.25) is 0 Å². The van der Waals surface area contributed by atoms with Crippen LogP contribution in [0.15, 0.2) is 24.3 Å². The number of benzene rings is 1. The lowest BCUT2D eigenvalue weighted by Gasteiger charge is -2.34. The van der Waals surface area contributed by atoms with Crippen LogP contribution in [0.5, 0.6) is 0 Å². The lowest BCUT2D eigenvalue weighted by Crippen LogP contribution is -2.37. The smallest absolute Gasteiger partial charge is 0.314 e. The number of aliphatic carboxylic acids is 1. The zero-order valence-electron chi connectivity index (χ0n) is 13.5. The summed E-state index contributed by atoms with van der Waals surface area (Å²) in [6.45, 7) is 0. The number of carboxylic acids is 1. The minimum absolute atomic E-state index is 0.625. The Morgan fingerprint density at radius 1 is 0.864 bits per heavy atom. The summed E-state index contributed by atoms with van der Waals surface area (Å²) in [6.07, 6.45) is 12.9. The van der Waals surface area contributed by atoms with Crippen LogP contribution in [0.25, 0.3) is 0 Å². The summed E-state index contributed by atoms with van der Waals surface area (Å²) in [7, 11) is 0. The third-order valence-electron chi connectivity index (χ3n) is 5.91. The molecule has 0 atom stereocenters. The maximum atomic E-state index is 11.9. The van der Waals surface area contributed by atoms with E-state index in [1.807, 2.05) is 0 Å². The van der Waals surface area contributed by atoms with Gasteiger partial charge in [-0.15, -0.1) is 0 Å². The number of hydrogen-bond donors (Lipinski definition) is 1. The Bertz CT molecular complexity index is 489. The standard InChI is InChI=1S/C20H28O2/c21-19(22)20(14-6-3-7-15-20)18-12-10-17(11-13-18)16-8-4-1-2-5-9-16/h10-13,16H,1-9,14-15H2,(H,21,22). The van der Waals surface area contributed by atoms with Gasteiger partial charge in [-0.25, -0.2) is 0 Å². The van der Waals surface area contributed by atoms with Crippen LogP contribution < -0.4 is 0 Å². The van der Waals surface area contributed by atoms with Gasteiger partial charge in [0.15, 0.2) is 0 Å². The molecule has 0 bridgehead atoms. The highest BCUT2D eigenvalue weighted by atomic mass is 16.4. The van der Waals surface area contributed by atoms with Gasteiger partial charge in [-0.1, -0.05) is 69.2 Å². The van der Waals surface area contributed by atoms with Crippen molar-refractivity contribution >= 4 is 5.97 Å². The second-order valence-corrected chi connectivity index (χ2v) is 7.26. The Balaban J connectivity index is 1.81. The summed E-state index contributed by atoms with van der Waals surface area (Å²) in [5.74, 6) is 0.0538. The predicted octanol–water partition coefficient (Wildman–Crippen LogP) is 5.41. The molecule has 2 aliphatic carbocycles. The van der Waals surface area contributed by atoms with Crippen LogP contribution in [0, 0.1) is 0 Å². The SMILES string of the molecule is O=C(O)C1(c2ccc(C3CCCCCC3)cc2)CCCCC1. The van der Waals surface area contributed by atoms with Gasteiger partial charge in [0.1, 0.15) is 0 Å². The first-order valence-corrected chi connectivity index (χ1v) is 9.06. The van der Waals surface area contributed by atoms with Crippen molar-refractivity contribution in [1.29, 1.82) is 0 Å². The topological polar surface area (TPSA) is 37.3 Å². The van der Waals surface area contributed by atoms with E-state index in [9.17, 15) is 9.90 Å². The number of hydrogen-bond acceptors (Lipinski definition) is 1. The van der Waals surface area contributed by atoms with Gasteiger partial charge in [0.05, 0.1) is 5.41 Å². The van der Waals surface area contributed by atoms with E-state index < -0.39 is 11.4 Å². The Kier molecular flexibility index (Phi) is 4.85. The Morgan fingerprint density at radius 2 is 1.41 bits per heavy atom. The fourth-order valence-electron chi connectivity index (χ4n) is 4.47. The molecule has 3 rings (SSSR count). The van der Waals surface area contributed by atoms with Crippen molar-refractivity contribution in [3.8, 4) is 0 Å². The van der Waals surface area contributed by atoms with Crippen molar-refractivity contribution in [2.45, 2.75) is 82.0 Å². The average molecular weight is 300 g/mol. The maximum absolute atomic E-state index is 11.9. The molecule has 1 N–H and O–H groups in total. The molecule has 0 heterocycles. The molecule has 1 aromatic carbocycles. The van der Waals surface area contributed by atoms with E-state index >= 15 is 0 Å². The van der Waals surface area contributed by atoms with E-state index in [-0.39, 0.29) is 0 Å². The molecule has 0 aliphatic heterocycles. The van der Waals surface area contributed by atoms with E-state index in [0.29, 0.717) is 5.92 Å². The van der Waals surface area contributed by atoms with Crippen molar-refractivity contribution in [3.05, 3.63) is 35.4 Å². The van der Waals surface area contributed by atoms with Crippen LogP contribution in [-0.2, 0) is 10.2 Å². The summed E-state index contributed by atoms with van der Waals surface area (Å²) in [6, 6.07) is 8.65. The maximum Gasteiger partial charge on any atom is 0.314 e. The van der Waals surface area contributed by atoms with E-state index in [4.69, 9.17) is 0 Å². The van der Waals surface area contributed by atoms with Gasteiger partial charge >= 0.3 is 5.97 Å². The van der Waals surface area contributed by atoms with Crippen LogP contribution in [0.1, 0.15) is 87.7 Å². The zero-order valence-corrected chi connectivity index (χ0v) is 13.5.